The number of amidine groups is 1. The minimum absolute atomic E-state index is 0.141. The summed E-state index contributed by atoms with van der Waals surface area (Å²) in [7, 11) is -2.31. The van der Waals surface area contributed by atoms with Gasteiger partial charge in [0.25, 0.3) is 0 Å². The van der Waals surface area contributed by atoms with Crippen LogP contribution in [0.15, 0.2) is 40.5 Å². The fraction of sp³-hybridized carbons (Fsp3) is 0.308. The molecular formula is C13H17ClN3OP. The Morgan fingerprint density at radius 3 is 2.58 bits per heavy atom. The van der Waals surface area contributed by atoms with E-state index in [9.17, 15) is 4.57 Å². The van der Waals surface area contributed by atoms with E-state index in [1.165, 1.54) is 6.20 Å². The highest BCUT2D eigenvalue weighted by Crippen LogP contribution is 2.52. The number of halogens is 1. The summed E-state index contributed by atoms with van der Waals surface area (Å²) >= 11 is 5.82. The number of aliphatic imine (C=N–C) groups is 1. The van der Waals surface area contributed by atoms with Crippen molar-refractivity contribution in [1.82, 2.24) is 0 Å². The predicted molar refractivity (Wildman–Crippen MR) is 82.1 cm³/mol. The van der Waals surface area contributed by atoms with Crippen molar-refractivity contribution in [1.29, 1.82) is 0 Å². The molecule has 0 radical (unpaired) electrons. The third kappa shape index (κ3) is 3.02. The molecular weight excluding hydrogens is 281 g/mol. The molecule has 6 heteroatoms. The van der Waals surface area contributed by atoms with Gasteiger partial charge in [-0.05, 0) is 25.0 Å². The molecule has 0 aliphatic carbocycles. The van der Waals surface area contributed by atoms with E-state index in [4.69, 9.17) is 23.1 Å². The second-order valence-corrected chi connectivity index (χ2v) is 8.11. The summed E-state index contributed by atoms with van der Waals surface area (Å²) in [4.78, 5) is 4.26. The molecule has 0 unspecified atom stereocenters. The molecule has 4 nitrogen and oxygen atoms in total. The normalized spacial score (nSPS) is 19.6. The number of para-hydroxylation sites is 1. The van der Waals surface area contributed by atoms with E-state index in [2.05, 4.69) is 4.99 Å². The van der Waals surface area contributed by atoms with Gasteiger partial charge in [-0.25, -0.2) is 4.99 Å². The van der Waals surface area contributed by atoms with Crippen molar-refractivity contribution in [3.05, 3.63) is 35.5 Å². The second kappa shape index (κ2) is 5.81. The highest BCUT2D eigenvalue weighted by atomic mass is 35.5. The number of rotatable bonds is 3. The van der Waals surface area contributed by atoms with Crippen LogP contribution in [0.2, 0.25) is 0 Å². The zero-order chi connectivity index (χ0) is 13.9. The van der Waals surface area contributed by atoms with Gasteiger partial charge >= 0.3 is 0 Å². The summed E-state index contributed by atoms with van der Waals surface area (Å²) in [5.41, 5.74) is 11.7. The van der Waals surface area contributed by atoms with Crippen LogP contribution in [0, 0.1) is 0 Å². The highest BCUT2D eigenvalue weighted by Gasteiger charge is 2.30. The van der Waals surface area contributed by atoms with Gasteiger partial charge in [0, 0.05) is 23.8 Å². The molecule has 1 aromatic carbocycles. The van der Waals surface area contributed by atoms with Crippen LogP contribution in [0.3, 0.4) is 0 Å². The first kappa shape index (κ1) is 14.2. The van der Waals surface area contributed by atoms with E-state index in [0.29, 0.717) is 5.69 Å². The van der Waals surface area contributed by atoms with E-state index in [1.54, 1.807) is 6.07 Å². The lowest BCUT2D eigenvalue weighted by molar-refractivity contribution is 0.585. The average molecular weight is 298 g/mol. The van der Waals surface area contributed by atoms with E-state index in [0.717, 1.165) is 30.5 Å². The van der Waals surface area contributed by atoms with Gasteiger partial charge in [-0.1, -0.05) is 23.7 Å². The second-order valence-electron chi connectivity index (χ2n) is 4.54. The molecule has 1 saturated heterocycles. The third-order valence-electron chi connectivity index (χ3n) is 3.24. The zero-order valence-corrected chi connectivity index (χ0v) is 12.2. The Hall–Kier alpha value is -1.25. The SMILES string of the molecule is N/C=C(/Cl)C(N)=Nc1ccccc1P1(=O)CCCC1. The molecule has 0 bridgehead atoms. The maximum absolute atomic E-state index is 12.9. The first-order valence-corrected chi connectivity index (χ1v) is 8.62. The van der Waals surface area contributed by atoms with Crippen molar-refractivity contribution >= 4 is 35.6 Å². The van der Waals surface area contributed by atoms with Crippen molar-refractivity contribution in [3.63, 3.8) is 0 Å². The number of nitrogens with two attached hydrogens (primary N) is 2. The van der Waals surface area contributed by atoms with Crippen LogP contribution in [0.25, 0.3) is 0 Å². The Morgan fingerprint density at radius 1 is 1.32 bits per heavy atom. The molecule has 102 valence electrons. The molecule has 1 aromatic rings. The molecule has 0 amide bonds. The first-order valence-electron chi connectivity index (χ1n) is 6.16. The Kier molecular flexibility index (Phi) is 4.33. The Balaban J connectivity index is 2.45. The molecule has 1 fully saturated rings. The zero-order valence-electron chi connectivity index (χ0n) is 10.6. The summed E-state index contributed by atoms with van der Waals surface area (Å²) in [6.45, 7) is 0. The quantitative estimate of drug-likeness (QED) is 0.511. The van der Waals surface area contributed by atoms with Crippen molar-refractivity contribution in [3.8, 4) is 0 Å². The first-order chi connectivity index (χ1) is 9.07. The molecule has 4 N–H and O–H groups in total. The monoisotopic (exact) mass is 297 g/mol. The fourth-order valence-electron chi connectivity index (χ4n) is 2.26. The molecule has 0 atom stereocenters. The highest BCUT2D eigenvalue weighted by molar-refractivity contribution is 7.72. The van der Waals surface area contributed by atoms with Gasteiger partial charge in [0.05, 0.1) is 10.7 Å². The van der Waals surface area contributed by atoms with Gasteiger partial charge in [0.1, 0.15) is 13.0 Å². The molecule has 1 aliphatic heterocycles. The van der Waals surface area contributed by atoms with E-state index < -0.39 is 7.14 Å². The lowest BCUT2D eigenvalue weighted by Gasteiger charge is -2.14. The predicted octanol–water partition coefficient (Wildman–Crippen LogP) is 2.50. The van der Waals surface area contributed by atoms with Crippen molar-refractivity contribution in [2.45, 2.75) is 12.8 Å². The molecule has 0 saturated carbocycles. The molecule has 0 spiro atoms. The van der Waals surface area contributed by atoms with Crippen molar-refractivity contribution < 1.29 is 4.57 Å². The molecule has 19 heavy (non-hydrogen) atoms. The summed E-state index contributed by atoms with van der Waals surface area (Å²) in [6, 6.07) is 7.40. The van der Waals surface area contributed by atoms with Crippen LogP contribution in [-0.2, 0) is 4.57 Å². The van der Waals surface area contributed by atoms with Crippen LogP contribution in [-0.4, -0.2) is 18.2 Å². The van der Waals surface area contributed by atoms with E-state index >= 15 is 0 Å². The minimum Gasteiger partial charge on any atom is -0.403 e. The van der Waals surface area contributed by atoms with Crippen molar-refractivity contribution in [2.75, 3.05) is 12.3 Å². The van der Waals surface area contributed by atoms with Gasteiger partial charge in [0.2, 0.25) is 0 Å². The number of nitrogens with zero attached hydrogens (tertiary/aromatic N) is 1. The number of hydrogen-bond donors (Lipinski definition) is 2. The van der Waals surface area contributed by atoms with Crippen LogP contribution >= 0.6 is 18.7 Å². The topological polar surface area (TPSA) is 81.5 Å². The van der Waals surface area contributed by atoms with Gasteiger partial charge in [-0.2, -0.15) is 0 Å². The van der Waals surface area contributed by atoms with Crippen LogP contribution in [0.4, 0.5) is 5.69 Å². The van der Waals surface area contributed by atoms with Crippen LogP contribution in [0.1, 0.15) is 12.8 Å². The Labute approximate surface area is 117 Å². The summed E-state index contributed by atoms with van der Waals surface area (Å²) < 4.78 is 12.9. The van der Waals surface area contributed by atoms with Gasteiger partial charge in [0.15, 0.2) is 0 Å². The molecule has 2 rings (SSSR count). The van der Waals surface area contributed by atoms with E-state index in [-0.39, 0.29) is 10.9 Å². The maximum Gasteiger partial charge on any atom is 0.144 e. The van der Waals surface area contributed by atoms with Crippen LogP contribution < -0.4 is 16.8 Å². The number of benzene rings is 1. The smallest absolute Gasteiger partial charge is 0.144 e. The van der Waals surface area contributed by atoms with E-state index in [1.807, 2.05) is 18.2 Å². The summed E-state index contributed by atoms with van der Waals surface area (Å²) in [6.07, 6.45) is 4.71. The largest absolute Gasteiger partial charge is 0.403 e. The molecule has 0 aromatic heterocycles. The summed E-state index contributed by atoms with van der Waals surface area (Å²) in [5.74, 6) is 0.141. The minimum atomic E-state index is -2.31. The van der Waals surface area contributed by atoms with Crippen molar-refractivity contribution in [2.24, 2.45) is 16.5 Å². The fourth-order valence-corrected chi connectivity index (χ4v) is 5.38. The van der Waals surface area contributed by atoms with Gasteiger partial charge in [-0.3, -0.25) is 0 Å². The summed E-state index contributed by atoms with van der Waals surface area (Å²) in [5, 5.41) is 0.997. The average Bonchev–Trinajstić information content (AvgIpc) is 2.86. The maximum atomic E-state index is 12.9. The Morgan fingerprint density at radius 2 is 1.95 bits per heavy atom. The molecule has 1 heterocycles. The van der Waals surface area contributed by atoms with Crippen LogP contribution in [0.5, 0.6) is 0 Å². The third-order valence-corrected chi connectivity index (χ3v) is 6.89. The van der Waals surface area contributed by atoms with Gasteiger partial charge in [-0.15, -0.1) is 0 Å². The standard InChI is InChI=1S/C13H17ClN3OP/c14-10(9-15)13(16)17-11-5-1-2-6-12(11)19(18)7-3-4-8-19/h1-2,5-6,9H,3-4,7-8,15H2,(H2,16,17)/b10-9+. The lowest BCUT2D eigenvalue weighted by Crippen LogP contribution is -2.14. The van der Waals surface area contributed by atoms with Gasteiger partial charge < -0.3 is 16.0 Å². The number of hydrogen-bond acceptors (Lipinski definition) is 3. The Bertz CT molecular complexity index is 573. The lowest BCUT2D eigenvalue weighted by atomic mass is 10.3. The molecule has 1 aliphatic rings.